The van der Waals surface area contributed by atoms with Gasteiger partial charge in [-0.05, 0) is 42.9 Å². The molecule has 23 heavy (non-hydrogen) atoms. The Morgan fingerprint density at radius 1 is 1.39 bits per heavy atom. The van der Waals surface area contributed by atoms with Gasteiger partial charge in [0.05, 0.1) is 10.6 Å². The Bertz CT molecular complexity index is 897. The lowest BCUT2D eigenvalue weighted by atomic mass is 9.89. The third-order valence-electron chi connectivity index (χ3n) is 3.98. The van der Waals surface area contributed by atoms with E-state index in [1.165, 1.54) is 23.5 Å². The molecule has 2 aromatic rings. The molecule has 1 aliphatic carbocycles. The lowest BCUT2D eigenvalue weighted by Gasteiger charge is -2.17. The number of rotatable bonds is 3. The van der Waals surface area contributed by atoms with Crippen molar-refractivity contribution in [2.75, 3.05) is 4.72 Å². The summed E-state index contributed by atoms with van der Waals surface area (Å²) in [5, 5.41) is 10.0. The molecular formula is C16H15ClN2O2S2. The van der Waals surface area contributed by atoms with E-state index in [1.807, 2.05) is 0 Å². The average Bonchev–Trinajstić information content (AvgIpc) is 2.82. The fourth-order valence-electron chi connectivity index (χ4n) is 2.78. The topological polar surface area (TPSA) is 70.0 Å². The first-order chi connectivity index (χ1) is 10.9. The van der Waals surface area contributed by atoms with Crippen LogP contribution < -0.4 is 4.72 Å². The highest BCUT2D eigenvalue weighted by Crippen LogP contribution is 2.40. The van der Waals surface area contributed by atoms with Crippen LogP contribution in [0.2, 0.25) is 5.02 Å². The van der Waals surface area contributed by atoms with Crippen molar-refractivity contribution in [3.05, 3.63) is 45.3 Å². The van der Waals surface area contributed by atoms with Crippen molar-refractivity contribution in [3.8, 4) is 6.07 Å². The van der Waals surface area contributed by atoms with Crippen LogP contribution in [0.25, 0.3) is 0 Å². The van der Waals surface area contributed by atoms with E-state index in [4.69, 9.17) is 11.6 Å². The van der Waals surface area contributed by atoms with Crippen LogP contribution in [0.5, 0.6) is 0 Å². The molecule has 1 unspecified atom stereocenters. The zero-order chi connectivity index (χ0) is 16.6. The molecule has 4 nitrogen and oxygen atoms in total. The van der Waals surface area contributed by atoms with Gasteiger partial charge in [0.25, 0.3) is 10.0 Å². The molecule has 1 aromatic carbocycles. The number of benzene rings is 1. The summed E-state index contributed by atoms with van der Waals surface area (Å²) in [6.45, 7) is 2.17. The quantitative estimate of drug-likeness (QED) is 0.884. The first kappa shape index (κ1) is 16.3. The summed E-state index contributed by atoms with van der Waals surface area (Å²) in [5.74, 6) is 0.556. The molecule has 0 spiro atoms. The van der Waals surface area contributed by atoms with Crippen LogP contribution in [0, 0.1) is 17.2 Å². The Morgan fingerprint density at radius 2 is 2.13 bits per heavy atom. The second-order valence-electron chi connectivity index (χ2n) is 5.70. The summed E-state index contributed by atoms with van der Waals surface area (Å²) < 4.78 is 27.7. The minimum Gasteiger partial charge on any atom is -0.269 e. The molecule has 0 aliphatic heterocycles. The fourth-order valence-corrected chi connectivity index (χ4v) is 5.97. The summed E-state index contributed by atoms with van der Waals surface area (Å²) in [4.78, 5) is 1.13. The molecule has 0 saturated carbocycles. The van der Waals surface area contributed by atoms with Crippen molar-refractivity contribution in [3.63, 3.8) is 0 Å². The van der Waals surface area contributed by atoms with Gasteiger partial charge < -0.3 is 0 Å². The van der Waals surface area contributed by atoms with Gasteiger partial charge in [-0.3, -0.25) is 4.72 Å². The molecule has 0 radical (unpaired) electrons. The molecule has 1 atom stereocenters. The van der Waals surface area contributed by atoms with Crippen molar-refractivity contribution >= 4 is 38.0 Å². The zero-order valence-corrected chi connectivity index (χ0v) is 14.9. The number of nitrogens with zero attached hydrogens (tertiary/aromatic N) is 1. The minimum atomic E-state index is -3.81. The number of nitrogens with one attached hydrogen (secondary N) is 1. The molecule has 120 valence electrons. The van der Waals surface area contributed by atoms with Gasteiger partial charge in [-0.25, -0.2) is 8.42 Å². The standard InChI is InChI=1S/C16H15ClN2O2S2/c1-10-6-7-11-12(9-18)16(22-14(11)8-10)19-23(20,21)15-5-3-2-4-13(15)17/h2-5,10,19H,6-8H2,1H3. The van der Waals surface area contributed by atoms with Crippen molar-refractivity contribution in [2.24, 2.45) is 5.92 Å². The number of anilines is 1. The molecule has 3 rings (SSSR count). The van der Waals surface area contributed by atoms with E-state index in [0.29, 0.717) is 16.5 Å². The Morgan fingerprint density at radius 3 is 2.83 bits per heavy atom. The van der Waals surface area contributed by atoms with E-state index in [1.54, 1.807) is 12.1 Å². The Balaban J connectivity index is 2.01. The monoisotopic (exact) mass is 366 g/mol. The summed E-state index contributed by atoms with van der Waals surface area (Å²) in [5.41, 5.74) is 1.44. The molecular weight excluding hydrogens is 352 g/mol. The van der Waals surface area contributed by atoms with Gasteiger partial charge in [0.1, 0.15) is 16.0 Å². The number of hydrogen-bond donors (Lipinski definition) is 1. The van der Waals surface area contributed by atoms with Crippen molar-refractivity contribution in [2.45, 2.75) is 31.1 Å². The minimum absolute atomic E-state index is 0.0188. The summed E-state index contributed by atoms with van der Waals surface area (Å²) >= 11 is 7.35. The van der Waals surface area contributed by atoms with Crippen LogP contribution in [0.3, 0.4) is 0 Å². The summed E-state index contributed by atoms with van der Waals surface area (Å²) in [7, 11) is -3.81. The number of nitriles is 1. The Labute approximate surface area is 144 Å². The van der Waals surface area contributed by atoms with Gasteiger partial charge in [0.2, 0.25) is 0 Å². The fraction of sp³-hybridized carbons (Fsp3) is 0.312. The SMILES string of the molecule is CC1CCc2c(sc(NS(=O)(=O)c3ccccc3Cl)c2C#N)C1. The van der Waals surface area contributed by atoms with Crippen LogP contribution in [0.15, 0.2) is 29.2 Å². The number of sulfonamides is 1. The molecule has 1 aromatic heterocycles. The number of hydrogen-bond acceptors (Lipinski definition) is 4. The maximum atomic E-state index is 12.6. The van der Waals surface area contributed by atoms with Crippen LogP contribution >= 0.6 is 22.9 Å². The van der Waals surface area contributed by atoms with Gasteiger partial charge in [-0.2, -0.15) is 5.26 Å². The van der Waals surface area contributed by atoms with Gasteiger partial charge in [0, 0.05) is 4.88 Å². The second-order valence-corrected chi connectivity index (χ2v) is 8.87. The van der Waals surface area contributed by atoms with Gasteiger partial charge in [-0.1, -0.05) is 30.7 Å². The largest absolute Gasteiger partial charge is 0.269 e. The number of halogens is 1. The molecule has 1 N–H and O–H groups in total. The molecule has 7 heteroatoms. The van der Waals surface area contributed by atoms with E-state index >= 15 is 0 Å². The van der Waals surface area contributed by atoms with E-state index in [0.717, 1.165) is 29.7 Å². The van der Waals surface area contributed by atoms with Crippen molar-refractivity contribution in [1.82, 2.24) is 0 Å². The van der Waals surface area contributed by atoms with E-state index in [9.17, 15) is 13.7 Å². The molecule has 0 saturated heterocycles. The van der Waals surface area contributed by atoms with Crippen LogP contribution in [0.4, 0.5) is 5.00 Å². The highest BCUT2D eigenvalue weighted by molar-refractivity contribution is 7.93. The molecule has 0 amide bonds. The summed E-state index contributed by atoms with van der Waals surface area (Å²) in [6, 6.07) is 8.43. The third-order valence-corrected chi connectivity index (χ3v) is 7.13. The highest BCUT2D eigenvalue weighted by atomic mass is 35.5. The van der Waals surface area contributed by atoms with E-state index in [2.05, 4.69) is 17.7 Å². The lowest BCUT2D eigenvalue weighted by Crippen LogP contribution is -2.13. The summed E-state index contributed by atoms with van der Waals surface area (Å²) in [6.07, 6.45) is 2.74. The maximum absolute atomic E-state index is 12.6. The van der Waals surface area contributed by atoms with E-state index < -0.39 is 10.0 Å². The number of fused-ring (bicyclic) bond motifs is 1. The van der Waals surface area contributed by atoms with Crippen LogP contribution in [0.1, 0.15) is 29.3 Å². The molecule has 0 fully saturated rings. The van der Waals surface area contributed by atoms with Gasteiger partial charge >= 0.3 is 0 Å². The average molecular weight is 367 g/mol. The molecule has 1 aliphatic rings. The van der Waals surface area contributed by atoms with Crippen LogP contribution in [-0.2, 0) is 22.9 Å². The first-order valence-corrected chi connectivity index (χ1v) is 9.92. The van der Waals surface area contributed by atoms with Crippen molar-refractivity contribution in [1.29, 1.82) is 5.26 Å². The predicted molar refractivity (Wildman–Crippen MR) is 92.5 cm³/mol. The zero-order valence-electron chi connectivity index (χ0n) is 12.5. The first-order valence-electron chi connectivity index (χ1n) is 7.24. The lowest BCUT2D eigenvalue weighted by molar-refractivity contribution is 0.507. The smallest absolute Gasteiger partial charge is 0.264 e. The van der Waals surface area contributed by atoms with Gasteiger partial charge in [-0.15, -0.1) is 11.3 Å². The molecule has 0 bridgehead atoms. The highest BCUT2D eigenvalue weighted by Gasteiger charge is 2.27. The maximum Gasteiger partial charge on any atom is 0.264 e. The predicted octanol–water partition coefficient (Wildman–Crippen LogP) is 4.20. The number of thiophene rings is 1. The third kappa shape index (κ3) is 3.09. The normalized spacial score (nSPS) is 17.3. The van der Waals surface area contributed by atoms with Crippen LogP contribution in [-0.4, -0.2) is 8.42 Å². The van der Waals surface area contributed by atoms with Crippen molar-refractivity contribution < 1.29 is 8.42 Å². The molecule has 1 heterocycles. The van der Waals surface area contributed by atoms with Gasteiger partial charge in [0.15, 0.2) is 0 Å². The van der Waals surface area contributed by atoms with E-state index in [-0.39, 0.29) is 9.92 Å². The Kier molecular flexibility index (Phi) is 4.37. The Hall–Kier alpha value is -1.55. The second kappa shape index (κ2) is 6.16.